The highest BCUT2D eigenvalue weighted by Gasteiger charge is 2.08. The molecule has 3 aromatic rings. The molecule has 1 heterocycles. The second-order valence-corrected chi connectivity index (χ2v) is 6.12. The van der Waals surface area contributed by atoms with Gasteiger partial charge in [-0.15, -0.1) is 0 Å². The van der Waals surface area contributed by atoms with Gasteiger partial charge in [0.05, 0.1) is 19.7 Å². The van der Waals surface area contributed by atoms with Crippen molar-refractivity contribution in [1.82, 2.24) is 9.97 Å². The predicted molar refractivity (Wildman–Crippen MR) is 110 cm³/mol. The smallest absolute Gasteiger partial charge is 0.154 e. The Hall–Kier alpha value is -3.32. The van der Waals surface area contributed by atoms with Crippen molar-refractivity contribution in [3.8, 4) is 17.2 Å². The minimum atomic E-state index is 0.0890. The maximum absolute atomic E-state index is 9.79. The lowest BCUT2D eigenvalue weighted by atomic mass is 10.1. The second kappa shape index (κ2) is 9.05. The molecule has 0 radical (unpaired) electrons. The van der Waals surface area contributed by atoms with Crippen LogP contribution >= 0.6 is 0 Å². The van der Waals surface area contributed by atoms with E-state index in [9.17, 15) is 5.11 Å². The van der Waals surface area contributed by atoms with E-state index in [1.165, 1.54) is 0 Å². The lowest BCUT2D eigenvalue weighted by Crippen LogP contribution is -2.07. The number of rotatable bonds is 8. The Balaban J connectivity index is 1.96. The summed E-state index contributed by atoms with van der Waals surface area (Å²) >= 11 is 0. The van der Waals surface area contributed by atoms with Gasteiger partial charge in [0.2, 0.25) is 0 Å². The molecule has 0 atom stereocenters. The highest BCUT2D eigenvalue weighted by Crippen LogP contribution is 2.26. The van der Waals surface area contributed by atoms with Crippen molar-refractivity contribution in [3.05, 3.63) is 47.8 Å². The van der Waals surface area contributed by atoms with Crippen molar-refractivity contribution in [3.63, 3.8) is 0 Å². The molecule has 0 unspecified atom stereocenters. The minimum absolute atomic E-state index is 0.0890. The zero-order valence-corrected chi connectivity index (χ0v) is 15.8. The van der Waals surface area contributed by atoms with Gasteiger partial charge in [0.1, 0.15) is 23.1 Å². The molecule has 28 heavy (non-hydrogen) atoms. The zero-order chi connectivity index (χ0) is 19.9. The number of anilines is 1. The number of nitrogens with zero attached hydrogens (tertiary/aromatic N) is 2. The SMILES string of the molecule is COc1cc(/C=C/c2nc(NCCCO)c3cc(O)ccc3n2)cc(OC)c1. The molecular weight excluding hydrogens is 358 g/mol. The van der Waals surface area contributed by atoms with Crippen molar-refractivity contribution in [2.75, 3.05) is 32.7 Å². The number of benzene rings is 2. The average Bonchev–Trinajstić information content (AvgIpc) is 2.72. The quantitative estimate of drug-likeness (QED) is 0.515. The molecule has 146 valence electrons. The number of methoxy groups -OCH3 is 2. The summed E-state index contributed by atoms with van der Waals surface area (Å²) in [4.78, 5) is 9.09. The van der Waals surface area contributed by atoms with E-state index in [2.05, 4.69) is 15.3 Å². The van der Waals surface area contributed by atoms with Gasteiger partial charge >= 0.3 is 0 Å². The maximum Gasteiger partial charge on any atom is 0.154 e. The summed E-state index contributed by atoms with van der Waals surface area (Å²) in [6, 6.07) is 10.5. The van der Waals surface area contributed by atoms with Gasteiger partial charge in [-0.3, -0.25) is 0 Å². The van der Waals surface area contributed by atoms with Gasteiger partial charge < -0.3 is 25.0 Å². The first-order chi connectivity index (χ1) is 13.6. The first-order valence-electron chi connectivity index (χ1n) is 8.89. The highest BCUT2D eigenvalue weighted by molar-refractivity contribution is 5.91. The fraction of sp³-hybridized carbons (Fsp3) is 0.238. The van der Waals surface area contributed by atoms with Gasteiger partial charge in [-0.1, -0.05) is 6.08 Å². The van der Waals surface area contributed by atoms with E-state index >= 15 is 0 Å². The van der Waals surface area contributed by atoms with Crippen molar-refractivity contribution in [1.29, 1.82) is 0 Å². The van der Waals surface area contributed by atoms with E-state index in [0.29, 0.717) is 41.6 Å². The van der Waals surface area contributed by atoms with E-state index in [1.807, 2.05) is 18.2 Å². The number of aliphatic hydroxyl groups is 1. The van der Waals surface area contributed by atoms with Crippen LogP contribution in [-0.4, -0.2) is 47.6 Å². The Morgan fingerprint density at radius 2 is 1.75 bits per heavy atom. The summed E-state index contributed by atoms with van der Waals surface area (Å²) < 4.78 is 10.6. The second-order valence-electron chi connectivity index (χ2n) is 6.12. The fourth-order valence-electron chi connectivity index (χ4n) is 2.73. The van der Waals surface area contributed by atoms with E-state index in [0.717, 1.165) is 10.9 Å². The van der Waals surface area contributed by atoms with Crippen LogP contribution in [0.1, 0.15) is 17.8 Å². The van der Waals surface area contributed by atoms with Crippen LogP contribution in [0.15, 0.2) is 36.4 Å². The third-order valence-electron chi connectivity index (χ3n) is 4.12. The molecule has 0 aliphatic carbocycles. The molecule has 3 N–H and O–H groups in total. The van der Waals surface area contributed by atoms with E-state index in [4.69, 9.17) is 14.6 Å². The van der Waals surface area contributed by atoms with Crippen molar-refractivity contribution < 1.29 is 19.7 Å². The van der Waals surface area contributed by atoms with Gasteiger partial charge in [0.25, 0.3) is 0 Å². The van der Waals surface area contributed by atoms with E-state index in [-0.39, 0.29) is 12.4 Å². The molecule has 0 amide bonds. The number of nitrogens with one attached hydrogen (secondary N) is 1. The molecule has 0 saturated carbocycles. The molecule has 1 aromatic heterocycles. The Morgan fingerprint density at radius 3 is 2.43 bits per heavy atom. The Morgan fingerprint density at radius 1 is 1.00 bits per heavy atom. The Kier molecular flexibility index (Phi) is 6.29. The van der Waals surface area contributed by atoms with Crippen LogP contribution in [0.25, 0.3) is 23.1 Å². The van der Waals surface area contributed by atoms with Crippen LogP contribution in [0.4, 0.5) is 5.82 Å². The summed E-state index contributed by atoms with van der Waals surface area (Å²) in [6.45, 7) is 0.653. The number of fused-ring (bicyclic) bond motifs is 1. The zero-order valence-electron chi connectivity index (χ0n) is 15.8. The number of aromatic hydroxyl groups is 1. The van der Waals surface area contributed by atoms with Crippen LogP contribution < -0.4 is 14.8 Å². The lowest BCUT2D eigenvalue weighted by molar-refractivity contribution is 0.292. The molecule has 3 rings (SSSR count). The normalized spacial score (nSPS) is 11.1. The summed E-state index contributed by atoms with van der Waals surface area (Å²) in [6.07, 6.45) is 4.28. The predicted octanol–water partition coefficient (Wildman–Crippen LogP) is 3.32. The molecule has 7 heteroatoms. The summed E-state index contributed by atoms with van der Waals surface area (Å²) in [5.41, 5.74) is 1.60. The van der Waals surface area contributed by atoms with E-state index in [1.54, 1.807) is 44.6 Å². The largest absolute Gasteiger partial charge is 0.508 e. The highest BCUT2D eigenvalue weighted by atomic mass is 16.5. The third-order valence-corrected chi connectivity index (χ3v) is 4.12. The van der Waals surface area contributed by atoms with Crippen LogP contribution in [0.5, 0.6) is 17.2 Å². The molecule has 0 fully saturated rings. The van der Waals surface area contributed by atoms with Crippen molar-refractivity contribution >= 4 is 28.9 Å². The Bertz CT molecular complexity index is 967. The monoisotopic (exact) mass is 381 g/mol. The first kappa shape index (κ1) is 19.4. The van der Waals surface area contributed by atoms with Gasteiger partial charge in [-0.25, -0.2) is 9.97 Å². The number of hydrogen-bond donors (Lipinski definition) is 3. The summed E-state index contributed by atoms with van der Waals surface area (Å²) in [5.74, 6) is 2.66. The summed E-state index contributed by atoms with van der Waals surface area (Å²) in [5, 5.41) is 22.7. The van der Waals surface area contributed by atoms with Crippen LogP contribution in [-0.2, 0) is 0 Å². The number of aromatic nitrogens is 2. The maximum atomic E-state index is 9.79. The van der Waals surface area contributed by atoms with E-state index < -0.39 is 0 Å². The molecule has 0 aliphatic rings. The number of ether oxygens (including phenoxy) is 2. The fourth-order valence-corrected chi connectivity index (χ4v) is 2.73. The number of phenolic OH excluding ortho intramolecular Hbond substituents is 1. The van der Waals surface area contributed by atoms with Crippen LogP contribution in [0, 0.1) is 0 Å². The molecular formula is C21H23N3O4. The summed E-state index contributed by atoms with van der Waals surface area (Å²) in [7, 11) is 3.21. The average molecular weight is 381 g/mol. The van der Waals surface area contributed by atoms with Crippen LogP contribution in [0.2, 0.25) is 0 Å². The third kappa shape index (κ3) is 4.69. The molecule has 2 aromatic carbocycles. The minimum Gasteiger partial charge on any atom is -0.508 e. The molecule has 7 nitrogen and oxygen atoms in total. The first-order valence-corrected chi connectivity index (χ1v) is 8.89. The number of phenols is 1. The molecule has 0 bridgehead atoms. The molecule has 0 spiro atoms. The van der Waals surface area contributed by atoms with Gasteiger partial charge in [0, 0.05) is 24.6 Å². The topological polar surface area (TPSA) is 96.7 Å². The van der Waals surface area contributed by atoms with Crippen molar-refractivity contribution in [2.24, 2.45) is 0 Å². The van der Waals surface area contributed by atoms with Gasteiger partial charge in [0.15, 0.2) is 5.82 Å². The van der Waals surface area contributed by atoms with Gasteiger partial charge in [-0.2, -0.15) is 0 Å². The number of aliphatic hydroxyl groups excluding tert-OH is 1. The molecule has 0 aliphatic heterocycles. The van der Waals surface area contributed by atoms with Gasteiger partial charge in [-0.05, 0) is 48.4 Å². The van der Waals surface area contributed by atoms with Crippen molar-refractivity contribution in [2.45, 2.75) is 6.42 Å². The molecule has 0 saturated heterocycles. The lowest BCUT2D eigenvalue weighted by Gasteiger charge is -2.10. The van der Waals surface area contributed by atoms with Crippen LogP contribution in [0.3, 0.4) is 0 Å². The Labute approximate surface area is 163 Å². The number of hydrogen-bond acceptors (Lipinski definition) is 7. The standard InChI is InChI=1S/C21H23N3O4/c1-27-16-10-14(11-17(13-16)28-2)4-7-20-23-19-6-5-15(26)12-18(19)21(24-20)22-8-3-9-25/h4-7,10-13,25-26H,3,8-9H2,1-2H3,(H,22,23,24)/b7-4+.